The number of aromatic nitrogens is 2. The van der Waals surface area contributed by atoms with Crippen LogP contribution in [0.3, 0.4) is 0 Å². The van der Waals surface area contributed by atoms with Crippen LogP contribution in [0.25, 0.3) is 0 Å². The van der Waals surface area contributed by atoms with Crippen molar-refractivity contribution in [2.24, 2.45) is 5.73 Å². The van der Waals surface area contributed by atoms with E-state index in [1.165, 1.54) is 19.6 Å². The van der Waals surface area contributed by atoms with E-state index in [0.717, 1.165) is 0 Å². The molecule has 1 aromatic rings. The van der Waals surface area contributed by atoms with Crippen LogP contribution in [0.2, 0.25) is 0 Å². The number of carbonyl (C=O) groups excluding carboxylic acids is 2. The van der Waals surface area contributed by atoms with Crippen LogP contribution in [0.4, 0.5) is 0 Å². The summed E-state index contributed by atoms with van der Waals surface area (Å²) in [4.78, 5) is 29.6. The summed E-state index contributed by atoms with van der Waals surface area (Å²) in [5.74, 6) is -1.21. The second kappa shape index (κ2) is 6.72. The van der Waals surface area contributed by atoms with Crippen molar-refractivity contribution in [1.82, 2.24) is 15.3 Å². The zero-order valence-electron chi connectivity index (χ0n) is 9.92. The lowest BCUT2D eigenvalue weighted by Gasteiger charge is -2.17. The van der Waals surface area contributed by atoms with Gasteiger partial charge in [-0.3, -0.25) is 4.79 Å². The first-order valence-electron chi connectivity index (χ1n) is 5.30. The van der Waals surface area contributed by atoms with Gasteiger partial charge in [-0.25, -0.2) is 9.78 Å². The number of carbonyl (C=O) groups is 2. The van der Waals surface area contributed by atoms with Crippen LogP contribution in [0, 0.1) is 0 Å². The maximum Gasteiger partial charge on any atom is 0.328 e. The highest BCUT2D eigenvalue weighted by Crippen LogP contribution is 2.00. The number of esters is 1. The van der Waals surface area contributed by atoms with Crippen LogP contribution >= 0.6 is 0 Å². The van der Waals surface area contributed by atoms with Crippen molar-refractivity contribution < 1.29 is 19.4 Å². The van der Waals surface area contributed by atoms with Gasteiger partial charge in [-0.2, -0.15) is 0 Å². The molecule has 100 valence electrons. The van der Waals surface area contributed by atoms with Crippen molar-refractivity contribution in [3.8, 4) is 0 Å². The van der Waals surface area contributed by atoms with Gasteiger partial charge in [0.15, 0.2) is 0 Å². The van der Waals surface area contributed by atoms with Crippen molar-refractivity contribution in [2.75, 3.05) is 13.7 Å². The zero-order chi connectivity index (χ0) is 13.5. The molecule has 0 aliphatic heterocycles. The van der Waals surface area contributed by atoms with E-state index in [4.69, 9.17) is 10.8 Å². The summed E-state index contributed by atoms with van der Waals surface area (Å²) in [6.07, 6.45) is 3.20. The smallest absolute Gasteiger partial charge is 0.328 e. The van der Waals surface area contributed by atoms with Gasteiger partial charge in [-0.15, -0.1) is 0 Å². The van der Waals surface area contributed by atoms with Crippen LogP contribution in [0.5, 0.6) is 0 Å². The molecule has 0 bridgehead atoms. The first-order chi connectivity index (χ1) is 8.58. The number of H-pyrrole nitrogens is 1. The second-order valence-electron chi connectivity index (χ2n) is 3.65. The van der Waals surface area contributed by atoms with E-state index in [-0.39, 0.29) is 6.42 Å². The number of aromatic amines is 1. The van der Waals surface area contributed by atoms with Gasteiger partial charge in [-0.05, 0) is 0 Å². The minimum absolute atomic E-state index is 0.205. The molecule has 1 rings (SSSR count). The maximum atomic E-state index is 11.5. The molecule has 1 amide bonds. The largest absolute Gasteiger partial charge is 0.467 e. The Morgan fingerprint density at radius 2 is 2.39 bits per heavy atom. The number of rotatable bonds is 6. The van der Waals surface area contributed by atoms with Gasteiger partial charge in [0.05, 0.1) is 20.0 Å². The van der Waals surface area contributed by atoms with Crippen LogP contribution < -0.4 is 11.1 Å². The number of hydrogen-bond donors (Lipinski definition) is 4. The summed E-state index contributed by atoms with van der Waals surface area (Å²) in [5, 5.41) is 11.2. The number of amides is 1. The Hall–Kier alpha value is -1.93. The molecule has 8 heteroatoms. The molecule has 0 unspecified atom stereocenters. The number of nitrogens with one attached hydrogen (secondary N) is 2. The van der Waals surface area contributed by atoms with E-state index < -0.39 is 30.6 Å². The summed E-state index contributed by atoms with van der Waals surface area (Å²) in [5.41, 5.74) is 6.02. The fourth-order valence-corrected chi connectivity index (χ4v) is 1.31. The third kappa shape index (κ3) is 3.82. The van der Waals surface area contributed by atoms with Crippen molar-refractivity contribution in [2.45, 2.75) is 18.5 Å². The third-order valence-electron chi connectivity index (χ3n) is 2.31. The Morgan fingerprint density at radius 1 is 1.67 bits per heavy atom. The Balaban J connectivity index is 2.67. The van der Waals surface area contributed by atoms with Crippen LogP contribution in [0.1, 0.15) is 5.69 Å². The first-order valence-corrected chi connectivity index (χ1v) is 5.30. The number of imidazole rings is 1. The minimum Gasteiger partial charge on any atom is -0.467 e. The van der Waals surface area contributed by atoms with Gasteiger partial charge in [-0.1, -0.05) is 0 Å². The van der Waals surface area contributed by atoms with Crippen LogP contribution in [-0.2, 0) is 20.7 Å². The topological polar surface area (TPSA) is 130 Å². The molecule has 0 spiro atoms. The Morgan fingerprint density at radius 3 is 2.89 bits per heavy atom. The molecule has 0 saturated heterocycles. The molecule has 0 saturated carbocycles. The quantitative estimate of drug-likeness (QED) is 0.432. The SMILES string of the molecule is COC(=O)[C@H](Cc1cnc[nH]1)NC(=O)[C@@H](N)CO. The minimum atomic E-state index is -1.07. The molecular formula is C10H16N4O4. The fourth-order valence-electron chi connectivity index (χ4n) is 1.31. The number of nitrogens with two attached hydrogens (primary N) is 1. The average Bonchev–Trinajstić information content (AvgIpc) is 2.88. The highest BCUT2D eigenvalue weighted by atomic mass is 16.5. The number of hydrogen-bond acceptors (Lipinski definition) is 6. The van der Waals surface area contributed by atoms with E-state index >= 15 is 0 Å². The molecule has 2 atom stereocenters. The van der Waals surface area contributed by atoms with E-state index in [1.807, 2.05) is 0 Å². The number of ether oxygens (including phenoxy) is 1. The average molecular weight is 256 g/mol. The summed E-state index contributed by atoms with van der Waals surface area (Å²) in [7, 11) is 1.22. The number of aliphatic hydroxyl groups excluding tert-OH is 1. The molecule has 0 aliphatic carbocycles. The maximum absolute atomic E-state index is 11.5. The zero-order valence-corrected chi connectivity index (χ0v) is 9.92. The van der Waals surface area contributed by atoms with Crippen LogP contribution in [0.15, 0.2) is 12.5 Å². The lowest BCUT2D eigenvalue weighted by Crippen LogP contribution is -2.50. The van der Waals surface area contributed by atoms with Crippen LogP contribution in [-0.4, -0.2) is 52.8 Å². The van der Waals surface area contributed by atoms with Gasteiger partial charge >= 0.3 is 5.97 Å². The van der Waals surface area contributed by atoms with Crippen molar-refractivity contribution >= 4 is 11.9 Å². The molecule has 5 N–H and O–H groups in total. The summed E-state index contributed by atoms with van der Waals surface area (Å²) in [6, 6.07) is -1.94. The van der Waals surface area contributed by atoms with Crippen molar-refractivity contribution in [3.05, 3.63) is 18.2 Å². The molecule has 0 aliphatic rings. The van der Waals surface area contributed by atoms with E-state index in [2.05, 4.69) is 20.0 Å². The molecule has 18 heavy (non-hydrogen) atoms. The van der Waals surface area contributed by atoms with Gasteiger partial charge in [0.25, 0.3) is 0 Å². The number of aliphatic hydroxyl groups is 1. The molecule has 1 aromatic heterocycles. The predicted molar refractivity (Wildman–Crippen MR) is 61.3 cm³/mol. The summed E-state index contributed by atoms with van der Waals surface area (Å²) in [6.45, 7) is -0.496. The lowest BCUT2D eigenvalue weighted by atomic mass is 10.1. The second-order valence-corrected chi connectivity index (χ2v) is 3.65. The highest BCUT2D eigenvalue weighted by molar-refractivity contribution is 5.87. The molecule has 0 radical (unpaired) electrons. The van der Waals surface area contributed by atoms with E-state index in [9.17, 15) is 9.59 Å². The Labute approximate surface area is 104 Å². The van der Waals surface area contributed by atoms with E-state index in [1.54, 1.807) is 0 Å². The highest BCUT2D eigenvalue weighted by Gasteiger charge is 2.24. The van der Waals surface area contributed by atoms with Crippen molar-refractivity contribution in [3.63, 3.8) is 0 Å². The molecule has 1 heterocycles. The Bertz CT molecular complexity index is 393. The summed E-state index contributed by atoms with van der Waals surface area (Å²) < 4.78 is 4.58. The van der Waals surface area contributed by atoms with Gasteiger partial charge in [0.2, 0.25) is 5.91 Å². The van der Waals surface area contributed by atoms with E-state index in [0.29, 0.717) is 5.69 Å². The van der Waals surface area contributed by atoms with Gasteiger partial charge < -0.3 is 25.9 Å². The molecule has 0 fully saturated rings. The Kier molecular flexibility index (Phi) is 5.28. The third-order valence-corrected chi connectivity index (χ3v) is 2.31. The predicted octanol–water partition coefficient (Wildman–Crippen LogP) is -2.07. The summed E-state index contributed by atoms with van der Waals surface area (Å²) >= 11 is 0. The van der Waals surface area contributed by atoms with Gasteiger partial charge in [0, 0.05) is 18.3 Å². The lowest BCUT2D eigenvalue weighted by molar-refractivity contribution is -0.145. The normalized spacial score (nSPS) is 13.7. The standard InChI is InChI=1S/C10H16N4O4/c1-18-10(17)8(2-6-3-12-5-13-6)14-9(16)7(11)4-15/h3,5,7-8,15H,2,4,11H2,1H3,(H,12,13)(H,14,16)/t7-,8-/m0/s1. The molecule has 0 aromatic carbocycles. The molecule has 8 nitrogen and oxygen atoms in total. The fraction of sp³-hybridized carbons (Fsp3) is 0.500. The van der Waals surface area contributed by atoms with Gasteiger partial charge in [0.1, 0.15) is 12.1 Å². The van der Waals surface area contributed by atoms with Crippen molar-refractivity contribution in [1.29, 1.82) is 0 Å². The molecular weight excluding hydrogens is 240 g/mol. The number of methoxy groups -OCH3 is 1. The number of nitrogens with zero attached hydrogens (tertiary/aromatic N) is 1. The first kappa shape index (κ1) is 14.1. The monoisotopic (exact) mass is 256 g/mol.